The lowest BCUT2D eigenvalue weighted by Crippen LogP contribution is -2.39. The first kappa shape index (κ1) is 31.7. The van der Waals surface area contributed by atoms with Gasteiger partial charge in [-0.15, -0.1) is 0 Å². The van der Waals surface area contributed by atoms with Crippen LogP contribution in [0.4, 0.5) is 10.5 Å². The lowest BCUT2D eigenvalue weighted by Gasteiger charge is -2.35. The Morgan fingerprint density at radius 2 is 1.60 bits per heavy atom. The third-order valence-corrected chi connectivity index (χ3v) is 7.39. The predicted octanol–water partition coefficient (Wildman–Crippen LogP) is 4.42. The summed E-state index contributed by atoms with van der Waals surface area (Å²) >= 11 is 0. The summed E-state index contributed by atoms with van der Waals surface area (Å²) in [5.41, 5.74) is 5.18. The fourth-order valence-electron chi connectivity index (χ4n) is 5.21. The maximum absolute atomic E-state index is 13.6. The predicted molar refractivity (Wildman–Crippen MR) is 167 cm³/mol. The number of para-hydroxylation sites is 1. The molecule has 11 nitrogen and oxygen atoms in total. The van der Waals surface area contributed by atoms with E-state index in [1.54, 1.807) is 9.69 Å². The second-order valence-corrected chi connectivity index (χ2v) is 10.6. The Labute approximate surface area is 253 Å². The highest BCUT2D eigenvalue weighted by Gasteiger charge is 2.31. The van der Waals surface area contributed by atoms with Gasteiger partial charge in [-0.2, -0.15) is 4.79 Å². The number of nitrogen functional groups attached to an aromatic ring is 1. The van der Waals surface area contributed by atoms with Crippen molar-refractivity contribution in [3.8, 4) is 22.5 Å². The number of carbonyl (C=O) groups excluding carboxylic acids is 3. The molecule has 0 bridgehead atoms. The molecule has 1 aliphatic rings. The van der Waals surface area contributed by atoms with Crippen LogP contribution >= 0.6 is 0 Å². The van der Waals surface area contributed by atoms with Gasteiger partial charge in [-0.25, -0.2) is 4.79 Å². The van der Waals surface area contributed by atoms with Gasteiger partial charge in [-0.1, -0.05) is 69.2 Å². The Morgan fingerprint density at radius 1 is 0.837 bits per heavy atom. The molecule has 0 fully saturated rings. The third kappa shape index (κ3) is 7.98. The van der Waals surface area contributed by atoms with E-state index in [1.165, 1.54) is 0 Å². The molecule has 4 rings (SSSR count). The maximum atomic E-state index is 13.6. The third-order valence-electron chi connectivity index (χ3n) is 7.39. The number of fused-ring (bicyclic) bond motifs is 5. The number of amides is 3. The fourth-order valence-corrected chi connectivity index (χ4v) is 5.21. The van der Waals surface area contributed by atoms with E-state index >= 15 is 0 Å². The summed E-state index contributed by atoms with van der Waals surface area (Å²) in [5, 5.41) is 5.62. The molecule has 43 heavy (non-hydrogen) atoms. The Hall–Kier alpha value is -4.25. The first-order valence-electron chi connectivity index (χ1n) is 15.3. The molecule has 2 heterocycles. The molecule has 0 spiro atoms. The molecule has 1 aromatic heterocycles. The molecule has 1 aliphatic heterocycles. The van der Waals surface area contributed by atoms with Crippen LogP contribution in [0.5, 0.6) is 0 Å². The summed E-state index contributed by atoms with van der Waals surface area (Å²) in [7, 11) is 0. The summed E-state index contributed by atoms with van der Waals surface area (Å²) in [6.07, 6.45) is 3.95. The van der Waals surface area contributed by atoms with Crippen LogP contribution in [0.25, 0.3) is 22.5 Å². The summed E-state index contributed by atoms with van der Waals surface area (Å²) in [5.74, 6) is 6.34. The summed E-state index contributed by atoms with van der Waals surface area (Å²) < 4.78 is 12.7. The van der Waals surface area contributed by atoms with Crippen molar-refractivity contribution < 1.29 is 23.9 Å². The molecule has 0 radical (unpaired) electrons. The molecule has 232 valence electrons. The summed E-state index contributed by atoms with van der Waals surface area (Å²) in [6, 6.07) is 15.6. The zero-order valence-corrected chi connectivity index (χ0v) is 25.3. The average molecular weight is 593 g/mol. The Kier molecular flexibility index (Phi) is 11.7. The number of nitrogens with one attached hydrogen (secondary N) is 2. The molecular weight excluding hydrogens is 548 g/mol. The normalized spacial score (nSPS) is 12.0. The van der Waals surface area contributed by atoms with Crippen molar-refractivity contribution in [3.63, 3.8) is 0 Å². The minimum Gasteiger partial charge on any atom is -0.448 e. The second-order valence-electron chi connectivity index (χ2n) is 10.6. The zero-order chi connectivity index (χ0) is 30.6. The van der Waals surface area contributed by atoms with Crippen LogP contribution in [0, 0.1) is 0 Å². The van der Waals surface area contributed by atoms with Gasteiger partial charge in [0.25, 0.3) is 0 Å². The monoisotopic (exact) mass is 592 g/mol. The van der Waals surface area contributed by atoms with Crippen molar-refractivity contribution in [3.05, 3.63) is 54.1 Å². The van der Waals surface area contributed by atoms with Gasteiger partial charge < -0.3 is 30.8 Å². The van der Waals surface area contributed by atoms with Crippen molar-refractivity contribution in [2.75, 3.05) is 43.7 Å². The molecule has 3 aromatic rings. The number of anilines is 1. The van der Waals surface area contributed by atoms with E-state index in [1.807, 2.05) is 60.1 Å². The van der Waals surface area contributed by atoms with Gasteiger partial charge in [0.05, 0.1) is 31.1 Å². The molecule has 0 aliphatic carbocycles. The lowest BCUT2D eigenvalue weighted by atomic mass is 9.94. The SMILES string of the molecule is CCCCCNC(=O)OCCn1c2c(n1N)-c1ccccc1N(C(=O)CCNC(=O)CCOCCC)Cc1ccccc1-2. The number of hydrogen-bond donors (Lipinski definition) is 3. The van der Waals surface area contributed by atoms with E-state index in [4.69, 9.17) is 15.3 Å². The number of nitrogens with zero attached hydrogens (tertiary/aromatic N) is 3. The van der Waals surface area contributed by atoms with E-state index < -0.39 is 6.09 Å². The van der Waals surface area contributed by atoms with Crippen molar-refractivity contribution in [2.24, 2.45) is 0 Å². The molecule has 11 heteroatoms. The number of alkyl carbamates (subject to hydrolysis) is 1. The Bertz CT molecular complexity index is 1380. The van der Waals surface area contributed by atoms with Crippen molar-refractivity contribution in [1.82, 2.24) is 20.1 Å². The van der Waals surface area contributed by atoms with Crippen molar-refractivity contribution in [2.45, 2.75) is 65.5 Å². The Balaban J connectivity index is 1.50. The molecule has 0 saturated carbocycles. The largest absolute Gasteiger partial charge is 0.448 e. The lowest BCUT2D eigenvalue weighted by molar-refractivity contribution is -0.122. The van der Waals surface area contributed by atoms with Crippen molar-refractivity contribution in [1.29, 1.82) is 0 Å². The van der Waals surface area contributed by atoms with E-state index in [-0.39, 0.29) is 37.8 Å². The first-order chi connectivity index (χ1) is 21.0. The molecule has 0 unspecified atom stereocenters. The van der Waals surface area contributed by atoms with Crippen LogP contribution in [-0.2, 0) is 32.2 Å². The highest BCUT2D eigenvalue weighted by molar-refractivity contribution is 6.01. The van der Waals surface area contributed by atoms with Gasteiger partial charge in [-0.05, 0) is 24.5 Å². The number of unbranched alkanes of at least 4 members (excludes halogenated alkanes) is 2. The number of hydrogen-bond acceptors (Lipinski definition) is 6. The number of nitrogens with two attached hydrogens (primary N) is 1. The van der Waals surface area contributed by atoms with E-state index in [2.05, 4.69) is 17.6 Å². The number of aromatic nitrogens is 2. The number of rotatable bonds is 15. The smallest absolute Gasteiger partial charge is 0.407 e. The topological polar surface area (TPSA) is 133 Å². The van der Waals surface area contributed by atoms with Crippen LogP contribution < -0.4 is 21.4 Å². The highest BCUT2D eigenvalue weighted by atomic mass is 16.5. The van der Waals surface area contributed by atoms with Crippen LogP contribution in [0.15, 0.2) is 48.5 Å². The standard InChI is InChI=1S/C32H44N6O5/c1-3-5-10-17-35-32(41)43-22-19-37-30-25-12-7-6-11-24(25)23-36(27-14-9-8-13-26(27)31(30)38(37)33)29(40)15-18-34-28(39)16-21-42-20-4-2/h6-9,11-14H,3-5,10,15-23,33H2,1-2H3,(H,34,39)(H,35,41). The van der Waals surface area contributed by atoms with Crippen LogP contribution in [0.3, 0.4) is 0 Å². The first-order valence-corrected chi connectivity index (χ1v) is 15.3. The minimum atomic E-state index is -0.437. The molecule has 3 amide bonds. The maximum Gasteiger partial charge on any atom is 0.407 e. The minimum absolute atomic E-state index is 0.105. The summed E-state index contributed by atoms with van der Waals surface area (Å²) in [4.78, 5) is 41.2. The van der Waals surface area contributed by atoms with Gasteiger partial charge in [0.2, 0.25) is 11.8 Å². The number of ether oxygens (including phenoxy) is 2. The molecule has 0 atom stereocenters. The summed E-state index contributed by atoms with van der Waals surface area (Å²) in [6.45, 7) is 6.85. The number of carbonyl (C=O) groups is 3. The molecular formula is C32H44N6O5. The second kappa shape index (κ2) is 15.8. The Morgan fingerprint density at radius 3 is 2.40 bits per heavy atom. The van der Waals surface area contributed by atoms with Crippen LogP contribution in [-0.4, -0.2) is 60.3 Å². The molecule has 4 N–H and O–H groups in total. The molecule has 0 saturated heterocycles. The van der Waals surface area contributed by atoms with Crippen molar-refractivity contribution >= 4 is 23.6 Å². The van der Waals surface area contributed by atoms with Gasteiger partial charge in [-0.3, -0.25) is 14.3 Å². The zero-order valence-electron chi connectivity index (χ0n) is 25.3. The van der Waals surface area contributed by atoms with Crippen LogP contribution in [0.1, 0.15) is 57.9 Å². The highest BCUT2D eigenvalue weighted by Crippen LogP contribution is 2.43. The van der Waals surface area contributed by atoms with E-state index in [0.29, 0.717) is 32.8 Å². The number of benzene rings is 2. The van der Waals surface area contributed by atoms with Gasteiger partial charge in [0.1, 0.15) is 12.3 Å². The van der Waals surface area contributed by atoms with E-state index in [0.717, 1.165) is 59.4 Å². The van der Waals surface area contributed by atoms with Gasteiger partial charge in [0.15, 0.2) is 0 Å². The van der Waals surface area contributed by atoms with Gasteiger partial charge >= 0.3 is 6.09 Å². The van der Waals surface area contributed by atoms with Gasteiger partial charge in [0, 0.05) is 43.7 Å². The molecule has 2 aromatic carbocycles. The van der Waals surface area contributed by atoms with Crippen LogP contribution in [0.2, 0.25) is 0 Å². The average Bonchev–Trinajstić information content (AvgIpc) is 3.00. The van der Waals surface area contributed by atoms with E-state index in [9.17, 15) is 14.4 Å². The quantitative estimate of drug-likeness (QED) is 0.177. The fraction of sp³-hybridized carbons (Fsp3) is 0.469.